The first-order chi connectivity index (χ1) is 5.37. The van der Waals surface area contributed by atoms with Crippen LogP contribution < -0.4 is 0 Å². The minimum absolute atomic E-state index is 1.36. The summed E-state index contributed by atoms with van der Waals surface area (Å²) in [6, 6.07) is 0. The molecule has 0 rings (SSSR count). The smallest absolute Gasteiger partial charge is 0.309 e. The number of hydrogen-bond donors (Lipinski definition) is 0. The molecule has 0 aliphatic rings. The maximum atomic E-state index is 6.37. The highest BCUT2D eigenvalue weighted by atomic mass is 35.7. The Morgan fingerprint density at radius 2 is 0.923 bits per heavy atom. The SMILES string of the molecule is C[Si](C)(C)N([Si](C)(C)C)[Si](C)(Cl)Cl. The normalized spacial score (nSPS) is 15.2. The average Bonchev–Trinajstić information content (AvgIpc) is 1.44. The van der Waals surface area contributed by atoms with Gasteiger partial charge in [0.25, 0.3) is 0 Å². The van der Waals surface area contributed by atoms with Gasteiger partial charge in [-0.1, -0.05) is 39.3 Å². The molecule has 13 heavy (non-hydrogen) atoms. The summed E-state index contributed by atoms with van der Waals surface area (Å²) in [5, 5.41) is 0. The molecule has 0 radical (unpaired) electrons. The van der Waals surface area contributed by atoms with Crippen molar-refractivity contribution < 1.29 is 0 Å². The van der Waals surface area contributed by atoms with Crippen molar-refractivity contribution in [3.8, 4) is 0 Å². The summed E-state index contributed by atoms with van der Waals surface area (Å²) < 4.78 is 2.51. The molecule has 0 N–H and O–H groups in total. The Balaban J connectivity index is 5.02. The number of halogens is 2. The maximum absolute atomic E-state index is 6.37. The van der Waals surface area contributed by atoms with Gasteiger partial charge in [0.2, 0.25) is 0 Å². The lowest BCUT2D eigenvalue weighted by molar-refractivity contribution is 0.938. The van der Waals surface area contributed by atoms with E-state index in [2.05, 4.69) is 43.2 Å². The summed E-state index contributed by atoms with van der Waals surface area (Å²) in [7, 11) is -2.73. The van der Waals surface area contributed by atoms with Crippen molar-refractivity contribution in [1.82, 2.24) is 3.90 Å². The van der Waals surface area contributed by atoms with Crippen LogP contribution in [-0.4, -0.2) is 27.2 Å². The van der Waals surface area contributed by atoms with Gasteiger partial charge in [-0.2, -0.15) is 0 Å². The van der Waals surface area contributed by atoms with E-state index in [0.29, 0.717) is 0 Å². The molecule has 0 amide bonds. The Labute approximate surface area is 95.1 Å². The summed E-state index contributed by atoms with van der Waals surface area (Å²) in [6.45, 7) is 13.8. The minimum Gasteiger partial charge on any atom is -0.344 e. The van der Waals surface area contributed by atoms with Crippen LogP contribution in [0.1, 0.15) is 0 Å². The van der Waals surface area contributed by atoms with Crippen molar-refractivity contribution in [1.29, 1.82) is 0 Å². The minimum atomic E-state index is -2.16. The van der Waals surface area contributed by atoms with E-state index >= 15 is 0 Å². The topological polar surface area (TPSA) is 3.24 Å². The van der Waals surface area contributed by atoms with Gasteiger partial charge < -0.3 is 3.90 Å². The molecule has 0 fully saturated rings. The average molecular weight is 274 g/mol. The fourth-order valence-electron chi connectivity index (χ4n) is 2.18. The van der Waals surface area contributed by atoms with Crippen LogP contribution in [0.2, 0.25) is 45.8 Å². The molecule has 0 aromatic carbocycles. The number of hydrogen-bond acceptors (Lipinski definition) is 1. The first kappa shape index (κ1) is 14.2. The molecule has 0 saturated heterocycles. The van der Waals surface area contributed by atoms with E-state index in [0.717, 1.165) is 0 Å². The third-order valence-corrected chi connectivity index (χ3v) is 18.7. The lowest BCUT2D eigenvalue weighted by Crippen LogP contribution is -2.67. The van der Waals surface area contributed by atoms with Gasteiger partial charge in [0.1, 0.15) is 16.5 Å². The molecule has 0 aromatic rings. The largest absolute Gasteiger partial charge is 0.344 e. The molecule has 0 heterocycles. The molecule has 80 valence electrons. The number of rotatable bonds is 3. The third kappa shape index (κ3) is 4.49. The van der Waals surface area contributed by atoms with E-state index in [1.807, 2.05) is 6.55 Å². The molecular formula is C7H21Cl2NSi3. The van der Waals surface area contributed by atoms with Gasteiger partial charge in [-0.3, -0.25) is 0 Å². The lowest BCUT2D eigenvalue weighted by Gasteiger charge is -2.48. The van der Waals surface area contributed by atoms with E-state index < -0.39 is 23.3 Å². The zero-order valence-electron chi connectivity index (χ0n) is 9.70. The van der Waals surface area contributed by atoms with Gasteiger partial charge in [-0.15, -0.1) is 22.2 Å². The Hall–Kier alpha value is 1.19. The molecule has 0 bridgehead atoms. The van der Waals surface area contributed by atoms with E-state index in [9.17, 15) is 0 Å². The second-order valence-electron chi connectivity index (χ2n) is 5.52. The van der Waals surface area contributed by atoms with E-state index in [1.165, 1.54) is 0 Å². The molecule has 0 unspecified atom stereocenters. The first-order valence-corrected chi connectivity index (χ1v) is 15.9. The second-order valence-corrected chi connectivity index (χ2v) is 23.6. The van der Waals surface area contributed by atoms with Crippen molar-refractivity contribution in [3.05, 3.63) is 0 Å². The van der Waals surface area contributed by atoms with Crippen molar-refractivity contribution in [3.63, 3.8) is 0 Å². The monoisotopic (exact) mass is 273 g/mol. The third-order valence-electron chi connectivity index (χ3n) is 1.73. The lowest BCUT2D eigenvalue weighted by atomic mass is 11.8. The van der Waals surface area contributed by atoms with Crippen LogP contribution in [0.3, 0.4) is 0 Å². The molecule has 0 aliphatic heterocycles. The highest BCUT2D eigenvalue weighted by Crippen LogP contribution is 2.31. The Bertz CT molecular complexity index is 144. The summed E-state index contributed by atoms with van der Waals surface area (Å²) >= 11 is 12.7. The summed E-state index contributed by atoms with van der Waals surface area (Å²) in [4.78, 5) is 0. The van der Waals surface area contributed by atoms with Gasteiger partial charge in [0.05, 0.1) is 0 Å². The molecular weight excluding hydrogens is 253 g/mol. The van der Waals surface area contributed by atoms with Gasteiger partial charge in [-0.05, 0) is 6.55 Å². The summed E-state index contributed by atoms with van der Waals surface area (Å²) in [6.07, 6.45) is 0. The van der Waals surface area contributed by atoms with Gasteiger partial charge in [0, 0.05) is 0 Å². The molecule has 0 saturated carbocycles. The molecule has 0 aromatic heterocycles. The fourth-order valence-corrected chi connectivity index (χ4v) is 28.8. The van der Waals surface area contributed by atoms with Crippen molar-refractivity contribution in [2.24, 2.45) is 0 Å². The highest BCUT2D eigenvalue weighted by molar-refractivity contribution is 7.47. The summed E-state index contributed by atoms with van der Waals surface area (Å²) in [5.41, 5.74) is 0. The predicted molar refractivity (Wildman–Crippen MR) is 71.9 cm³/mol. The van der Waals surface area contributed by atoms with Crippen molar-refractivity contribution in [2.75, 3.05) is 0 Å². The molecule has 0 spiro atoms. The summed E-state index contributed by atoms with van der Waals surface area (Å²) in [5.74, 6) is 0. The van der Waals surface area contributed by atoms with Crippen LogP contribution in [0.5, 0.6) is 0 Å². The van der Waals surface area contributed by atoms with E-state index in [1.54, 1.807) is 0 Å². The molecule has 1 nitrogen and oxygen atoms in total. The second kappa shape index (κ2) is 3.98. The van der Waals surface area contributed by atoms with Gasteiger partial charge in [0.15, 0.2) is 0 Å². The fraction of sp³-hybridized carbons (Fsp3) is 1.00. The van der Waals surface area contributed by atoms with Crippen LogP contribution >= 0.6 is 22.2 Å². The Morgan fingerprint density at radius 1 is 0.692 bits per heavy atom. The van der Waals surface area contributed by atoms with Crippen molar-refractivity contribution >= 4 is 45.5 Å². The predicted octanol–water partition coefficient (Wildman–Crippen LogP) is 4.00. The van der Waals surface area contributed by atoms with Gasteiger partial charge >= 0.3 is 6.86 Å². The molecule has 0 aliphatic carbocycles. The van der Waals surface area contributed by atoms with Crippen LogP contribution in [0.25, 0.3) is 0 Å². The standard InChI is InChI=1S/C7H21Cl2NSi3/c1-11(2,3)10(12(4,5)6)13(7,8)9/h1-7H3. The number of nitrogens with zero attached hydrogens (tertiary/aromatic N) is 1. The Morgan fingerprint density at radius 3 is 0.923 bits per heavy atom. The highest BCUT2D eigenvalue weighted by Gasteiger charge is 2.45. The van der Waals surface area contributed by atoms with Crippen molar-refractivity contribution in [2.45, 2.75) is 45.8 Å². The molecule has 6 heteroatoms. The van der Waals surface area contributed by atoms with E-state index in [4.69, 9.17) is 22.2 Å². The maximum Gasteiger partial charge on any atom is 0.309 e. The van der Waals surface area contributed by atoms with E-state index in [-0.39, 0.29) is 0 Å². The Kier molecular flexibility index (Phi) is 4.35. The first-order valence-electron chi connectivity index (χ1n) is 4.55. The van der Waals surface area contributed by atoms with Crippen LogP contribution in [0, 0.1) is 0 Å². The molecule has 0 atom stereocenters. The van der Waals surface area contributed by atoms with Crippen LogP contribution in [-0.2, 0) is 0 Å². The zero-order valence-corrected chi connectivity index (χ0v) is 14.2. The zero-order chi connectivity index (χ0) is 11.1. The van der Waals surface area contributed by atoms with Gasteiger partial charge in [-0.25, -0.2) is 0 Å². The van der Waals surface area contributed by atoms with Crippen LogP contribution in [0.15, 0.2) is 0 Å². The van der Waals surface area contributed by atoms with Crippen LogP contribution in [0.4, 0.5) is 0 Å². The quantitative estimate of drug-likeness (QED) is 0.555.